The Labute approximate surface area is 147 Å². The van der Waals surface area contributed by atoms with Crippen LogP contribution in [0.4, 0.5) is 0 Å². The molecule has 8 nitrogen and oxygen atoms in total. The van der Waals surface area contributed by atoms with E-state index in [2.05, 4.69) is 15.3 Å². The second-order valence-corrected chi connectivity index (χ2v) is 7.54. The zero-order valence-electron chi connectivity index (χ0n) is 12.8. The lowest BCUT2D eigenvalue weighted by Crippen LogP contribution is -2.08. The maximum atomic E-state index is 11.5. The molecule has 128 valence electrons. The highest BCUT2D eigenvalue weighted by Crippen LogP contribution is 2.25. The van der Waals surface area contributed by atoms with Crippen molar-refractivity contribution in [3.63, 3.8) is 0 Å². The van der Waals surface area contributed by atoms with E-state index in [4.69, 9.17) is 11.6 Å². The van der Waals surface area contributed by atoms with Crippen LogP contribution in [0, 0.1) is 0 Å². The molecule has 2 heterocycles. The van der Waals surface area contributed by atoms with Crippen LogP contribution in [0.25, 0.3) is 17.1 Å². The molecule has 0 radical (unpaired) electrons. The molecular formula is C15H11ClN4O4S. The predicted octanol–water partition coefficient (Wildman–Crippen LogP) is 2.08. The summed E-state index contributed by atoms with van der Waals surface area (Å²) in [6.07, 6.45) is 1.02. The minimum absolute atomic E-state index is 0.182. The zero-order chi connectivity index (χ0) is 18.2. The number of aromatic nitrogens is 4. The summed E-state index contributed by atoms with van der Waals surface area (Å²) in [5, 5.41) is 21.1. The summed E-state index contributed by atoms with van der Waals surface area (Å²) in [7, 11) is -3.49. The van der Waals surface area contributed by atoms with Crippen molar-refractivity contribution in [1.82, 2.24) is 20.0 Å². The summed E-state index contributed by atoms with van der Waals surface area (Å²) < 4.78 is 24.2. The van der Waals surface area contributed by atoms with E-state index in [1.165, 1.54) is 22.9 Å². The number of sulfone groups is 1. The van der Waals surface area contributed by atoms with Gasteiger partial charge in [-0.3, -0.25) is 0 Å². The first-order chi connectivity index (χ1) is 11.8. The molecule has 0 saturated carbocycles. The van der Waals surface area contributed by atoms with Gasteiger partial charge in [-0.25, -0.2) is 17.9 Å². The summed E-state index contributed by atoms with van der Waals surface area (Å²) in [6.45, 7) is 0. The molecule has 3 rings (SSSR count). The van der Waals surface area contributed by atoms with Crippen LogP contribution in [0.3, 0.4) is 0 Å². The molecule has 0 unspecified atom stereocenters. The van der Waals surface area contributed by atoms with Crippen LogP contribution >= 0.6 is 11.6 Å². The number of benzene rings is 1. The number of carboxylic acids is 1. The second kappa shape index (κ2) is 6.26. The third kappa shape index (κ3) is 3.52. The molecule has 25 heavy (non-hydrogen) atoms. The quantitative estimate of drug-likeness (QED) is 0.738. The van der Waals surface area contributed by atoms with E-state index in [0.29, 0.717) is 16.3 Å². The molecule has 0 spiro atoms. The average Bonchev–Trinajstić information content (AvgIpc) is 3.00. The van der Waals surface area contributed by atoms with Gasteiger partial charge in [-0.15, -0.1) is 10.2 Å². The van der Waals surface area contributed by atoms with E-state index in [0.717, 1.165) is 6.26 Å². The molecule has 2 aromatic heterocycles. The molecule has 0 amide bonds. The number of nitrogens with zero attached hydrogens (tertiary/aromatic N) is 4. The van der Waals surface area contributed by atoms with Gasteiger partial charge in [-0.1, -0.05) is 23.7 Å². The van der Waals surface area contributed by atoms with Gasteiger partial charge in [-0.05, 0) is 30.3 Å². The van der Waals surface area contributed by atoms with Gasteiger partial charge >= 0.3 is 5.97 Å². The lowest BCUT2D eigenvalue weighted by molar-refractivity contribution is 0.0690. The lowest BCUT2D eigenvalue weighted by Gasteiger charge is -2.06. The van der Waals surface area contributed by atoms with Crippen molar-refractivity contribution in [2.24, 2.45) is 0 Å². The zero-order valence-corrected chi connectivity index (χ0v) is 14.4. The Morgan fingerprint density at radius 3 is 2.32 bits per heavy atom. The fourth-order valence-electron chi connectivity index (χ4n) is 2.11. The van der Waals surface area contributed by atoms with Gasteiger partial charge in [0, 0.05) is 16.8 Å². The fraction of sp³-hybridized carbons (Fsp3) is 0.0667. The SMILES string of the molecule is CS(=O)(=O)c1ccc(-n2nc(C(=O)O)cc2-c2ccc(Cl)cc2)nn1. The Kier molecular flexibility index (Phi) is 4.27. The maximum Gasteiger partial charge on any atom is 0.356 e. The van der Waals surface area contributed by atoms with Crippen molar-refractivity contribution >= 4 is 27.4 Å². The molecule has 0 aliphatic heterocycles. The van der Waals surface area contributed by atoms with E-state index in [1.54, 1.807) is 24.3 Å². The third-order valence-electron chi connectivity index (χ3n) is 3.29. The number of aromatic carboxylic acids is 1. The minimum atomic E-state index is -3.49. The summed E-state index contributed by atoms with van der Waals surface area (Å²) >= 11 is 5.88. The van der Waals surface area contributed by atoms with Crippen molar-refractivity contribution in [2.45, 2.75) is 5.03 Å². The first-order valence-electron chi connectivity index (χ1n) is 6.89. The minimum Gasteiger partial charge on any atom is -0.476 e. The maximum absolute atomic E-state index is 11.5. The number of hydrogen-bond donors (Lipinski definition) is 1. The average molecular weight is 379 g/mol. The smallest absolute Gasteiger partial charge is 0.356 e. The van der Waals surface area contributed by atoms with E-state index < -0.39 is 15.8 Å². The van der Waals surface area contributed by atoms with E-state index in [9.17, 15) is 18.3 Å². The summed E-state index contributed by atoms with van der Waals surface area (Å²) in [5.74, 6) is -1.01. The number of carboxylic acid groups (broad SMARTS) is 1. The second-order valence-electron chi connectivity index (χ2n) is 5.14. The summed E-state index contributed by atoms with van der Waals surface area (Å²) in [4.78, 5) is 11.3. The Bertz CT molecular complexity index is 1040. The molecular weight excluding hydrogens is 368 g/mol. The number of hydrogen-bond acceptors (Lipinski definition) is 6. The molecule has 0 aliphatic rings. The molecule has 0 saturated heterocycles. The molecule has 0 aliphatic carbocycles. The monoisotopic (exact) mass is 378 g/mol. The van der Waals surface area contributed by atoms with Crippen molar-refractivity contribution in [3.8, 4) is 17.1 Å². The molecule has 0 fully saturated rings. The van der Waals surface area contributed by atoms with Crippen LogP contribution in [-0.2, 0) is 9.84 Å². The van der Waals surface area contributed by atoms with Gasteiger partial charge in [0.25, 0.3) is 0 Å². The molecule has 1 N–H and O–H groups in total. The summed E-state index contributed by atoms with van der Waals surface area (Å²) in [5.41, 5.74) is 0.938. The third-order valence-corrected chi connectivity index (χ3v) is 4.52. The van der Waals surface area contributed by atoms with Crippen LogP contribution in [-0.4, -0.2) is 45.7 Å². The molecule has 3 aromatic rings. The normalized spacial score (nSPS) is 11.4. The lowest BCUT2D eigenvalue weighted by atomic mass is 10.1. The molecule has 0 atom stereocenters. The molecule has 1 aromatic carbocycles. The van der Waals surface area contributed by atoms with E-state index in [1.807, 2.05) is 0 Å². The van der Waals surface area contributed by atoms with Crippen LogP contribution in [0.1, 0.15) is 10.5 Å². The first kappa shape index (κ1) is 17.1. The van der Waals surface area contributed by atoms with Gasteiger partial charge in [0.15, 0.2) is 26.4 Å². The molecule has 10 heteroatoms. The van der Waals surface area contributed by atoms with E-state index in [-0.39, 0.29) is 16.5 Å². The Balaban J connectivity index is 2.14. The highest BCUT2D eigenvalue weighted by molar-refractivity contribution is 7.90. The Morgan fingerprint density at radius 1 is 1.12 bits per heavy atom. The first-order valence-corrected chi connectivity index (χ1v) is 9.16. The van der Waals surface area contributed by atoms with E-state index >= 15 is 0 Å². The van der Waals surface area contributed by atoms with Crippen molar-refractivity contribution in [3.05, 3.63) is 53.2 Å². The largest absolute Gasteiger partial charge is 0.476 e. The van der Waals surface area contributed by atoms with Gasteiger partial charge < -0.3 is 5.11 Å². The number of rotatable bonds is 4. The van der Waals surface area contributed by atoms with Gasteiger partial charge in [-0.2, -0.15) is 5.10 Å². The van der Waals surface area contributed by atoms with Crippen molar-refractivity contribution in [1.29, 1.82) is 0 Å². The van der Waals surface area contributed by atoms with Gasteiger partial charge in [0.1, 0.15) is 0 Å². The van der Waals surface area contributed by atoms with Crippen molar-refractivity contribution in [2.75, 3.05) is 6.26 Å². The van der Waals surface area contributed by atoms with Crippen LogP contribution < -0.4 is 0 Å². The van der Waals surface area contributed by atoms with Crippen LogP contribution in [0.15, 0.2) is 47.5 Å². The standard InChI is InChI=1S/C15H11ClN4O4S/c1-25(23,24)14-7-6-13(17-18-14)20-12(8-11(19-20)15(21)22)9-2-4-10(16)5-3-9/h2-8H,1H3,(H,21,22). The Hall–Kier alpha value is -2.78. The number of halogens is 1. The molecule has 0 bridgehead atoms. The van der Waals surface area contributed by atoms with Gasteiger partial charge in [0.2, 0.25) is 0 Å². The topological polar surface area (TPSA) is 115 Å². The highest BCUT2D eigenvalue weighted by atomic mass is 35.5. The van der Waals surface area contributed by atoms with Crippen LogP contribution in [0.2, 0.25) is 5.02 Å². The Morgan fingerprint density at radius 2 is 1.80 bits per heavy atom. The predicted molar refractivity (Wildman–Crippen MR) is 89.7 cm³/mol. The highest BCUT2D eigenvalue weighted by Gasteiger charge is 2.18. The summed E-state index contributed by atoms with van der Waals surface area (Å²) in [6, 6.07) is 10.8. The van der Waals surface area contributed by atoms with Crippen LogP contribution in [0.5, 0.6) is 0 Å². The fourth-order valence-corrected chi connectivity index (χ4v) is 2.74. The number of carbonyl (C=O) groups is 1. The van der Waals surface area contributed by atoms with Crippen molar-refractivity contribution < 1.29 is 18.3 Å². The van der Waals surface area contributed by atoms with Gasteiger partial charge in [0.05, 0.1) is 5.69 Å².